The van der Waals surface area contributed by atoms with Crippen LogP contribution in [0.5, 0.6) is 0 Å². The molecule has 9 heteroatoms. The smallest absolute Gasteiger partial charge is 0.392 e. The van der Waals surface area contributed by atoms with Gasteiger partial charge in [-0.1, -0.05) is 11.6 Å². The van der Waals surface area contributed by atoms with Crippen molar-refractivity contribution in [2.24, 2.45) is 0 Å². The molecule has 140 valence electrons. The molecular weight excluding hydrogens is 435 g/mol. The summed E-state index contributed by atoms with van der Waals surface area (Å²) in [5.41, 5.74) is 0.862. The van der Waals surface area contributed by atoms with E-state index in [1.54, 1.807) is 6.07 Å². The second kappa shape index (κ2) is 7.62. The van der Waals surface area contributed by atoms with Crippen molar-refractivity contribution in [3.63, 3.8) is 0 Å². The van der Waals surface area contributed by atoms with E-state index in [1.807, 2.05) is 11.0 Å². The molecule has 26 heavy (non-hydrogen) atoms. The molecule has 0 amide bonds. The van der Waals surface area contributed by atoms with E-state index in [2.05, 4.69) is 25.8 Å². The molecule has 1 aliphatic rings. The average molecular weight is 451 g/mol. The van der Waals surface area contributed by atoms with Crippen LogP contribution in [-0.4, -0.2) is 36.3 Å². The molecule has 0 radical (unpaired) electrons. The minimum atomic E-state index is -4.38. The first-order chi connectivity index (χ1) is 12.3. The monoisotopic (exact) mass is 449 g/mol. The van der Waals surface area contributed by atoms with Crippen LogP contribution in [0, 0.1) is 0 Å². The van der Waals surface area contributed by atoms with E-state index in [4.69, 9.17) is 11.6 Å². The Morgan fingerprint density at radius 2 is 1.77 bits per heavy atom. The maximum Gasteiger partial charge on any atom is 0.417 e. The molecule has 1 N–H and O–H groups in total. The predicted octanol–water partition coefficient (Wildman–Crippen LogP) is 4.34. The van der Waals surface area contributed by atoms with Crippen molar-refractivity contribution in [3.05, 3.63) is 51.1 Å². The SMILES string of the molecule is OCc1cc(Cl)c(Br)c(N2CCN(c3ccc(C(F)(F)F)cn3)CC2)c1. The number of pyridine rings is 1. The van der Waals surface area contributed by atoms with Gasteiger partial charge >= 0.3 is 6.18 Å². The van der Waals surface area contributed by atoms with Gasteiger partial charge in [-0.15, -0.1) is 0 Å². The zero-order valence-corrected chi connectivity index (χ0v) is 15.9. The fraction of sp³-hybridized carbons (Fsp3) is 0.353. The van der Waals surface area contributed by atoms with Gasteiger partial charge in [0.1, 0.15) is 5.82 Å². The van der Waals surface area contributed by atoms with Crippen LogP contribution < -0.4 is 9.80 Å². The van der Waals surface area contributed by atoms with Crippen LogP contribution in [0.3, 0.4) is 0 Å². The number of nitrogens with zero attached hydrogens (tertiary/aromatic N) is 3. The lowest BCUT2D eigenvalue weighted by atomic mass is 10.1. The molecule has 0 unspecified atom stereocenters. The third-order valence-electron chi connectivity index (χ3n) is 4.27. The Morgan fingerprint density at radius 1 is 1.12 bits per heavy atom. The van der Waals surface area contributed by atoms with E-state index in [0.29, 0.717) is 37.0 Å². The summed E-state index contributed by atoms with van der Waals surface area (Å²) in [6.07, 6.45) is -3.52. The number of alkyl halides is 3. The summed E-state index contributed by atoms with van der Waals surface area (Å²) in [6, 6.07) is 6.03. The standard InChI is InChI=1S/C17H16BrClF3N3O/c18-16-13(19)7-11(10-26)8-14(16)24-3-5-25(6-4-24)15-2-1-12(9-23-15)17(20,21)22/h1-2,7-9,26H,3-6,10H2. The van der Waals surface area contributed by atoms with Crippen LogP contribution >= 0.6 is 27.5 Å². The molecule has 0 spiro atoms. The molecule has 1 aliphatic heterocycles. The highest BCUT2D eigenvalue weighted by atomic mass is 79.9. The Labute approximate surface area is 162 Å². The summed E-state index contributed by atoms with van der Waals surface area (Å²) in [7, 11) is 0. The molecule has 2 aromatic rings. The third kappa shape index (κ3) is 4.07. The van der Waals surface area contributed by atoms with Crippen LogP contribution in [0.2, 0.25) is 5.02 Å². The molecule has 1 aromatic carbocycles. The number of halogens is 5. The number of rotatable bonds is 3. The van der Waals surface area contributed by atoms with Crippen LogP contribution in [0.25, 0.3) is 0 Å². The van der Waals surface area contributed by atoms with Gasteiger partial charge in [-0.05, 0) is 45.8 Å². The molecule has 1 saturated heterocycles. The molecule has 1 aromatic heterocycles. The van der Waals surface area contributed by atoms with Gasteiger partial charge in [0, 0.05) is 32.4 Å². The molecular formula is C17H16BrClF3N3O. The average Bonchev–Trinajstić information content (AvgIpc) is 2.63. The topological polar surface area (TPSA) is 39.6 Å². The Balaban J connectivity index is 1.71. The van der Waals surface area contributed by atoms with E-state index >= 15 is 0 Å². The fourth-order valence-corrected chi connectivity index (χ4v) is 3.58. The molecule has 0 bridgehead atoms. The second-order valence-corrected chi connectivity index (χ2v) is 7.15. The van der Waals surface area contributed by atoms with Gasteiger partial charge in [0.25, 0.3) is 0 Å². The van der Waals surface area contributed by atoms with Crippen molar-refractivity contribution in [2.45, 2.75) is 12.8 Å². The first kappa shape index (κ1) is 19.3. The van der Waals surface area contributed by atoms with Crippen LogP contribution in [0.15, 0.2) is 34.9 Å². The second-order valence-electron chi connectivity index (χ2n) is 5.95. The molecule has 0 saturated carbocycles. The zero-order valence-electron chi connectivity index (χ0n) is 13.6. The van der Waals surface area contributed by atoms with Crippen molar-refractivity contribution in [2.75, 3.05) is 36.0 Å². The minimum absolute atomic E-state index is 0.102. The molecule has 4 nitrogen and oxygen atoms in total. The summed E-state index contributed by atoms with van der Waals surface area (Å²) in [5, 5.41) is 9.88. The van der Waals surface area contributed by atoms with Gasteiger partial charge in [-0.25, -0.2) is 4.98 Å². The number of anilines is 2. The van der Waals surface area contributed by atoms with Crippen LogP contribution in [-0.2, 0) is 12.8 Å². The fourth-order valence-electron chi connectivity index (χ4n) is 2.87. The lowest BCUT2D eigenvalue weighted by Gasteiger charge is -2.37. The molecule has 2 heterocycles. The van der Waals surface area contributed by atoms with Crippen molar-refractivity contribution < 1.29 is 18.3 Å². The van der Waals surface area contributed by atoms with E-state index < -0.39 is 11.7 Å². The van der Waals surface area contributed by atoms with Gasteiger partial charge in [0.15, 0.2) is 0 Å². The summed E-state index contributed by atoms with van der Waals surface area (Å²) < 4.78 is 38.7. The Kier molecular flexibility index (Phi) is 5.64. The summed E-state index contributed by atoms with van der Waals surface area (Å²) in [6.45, 7) is 2.45. The maximum atomic E-state index is 12.6. The van der Waals surface area contributed by atoms with E-state index in [9.17, 15) is 18.3 Å². The zero-order chi connectivity index (χ0) is 18.9. The highest BCUT2D eigenvalue weighted by Gasteiger charge is 2.31. The van der Waals surface area contributed by atoms with Gasteiger partial charge in [0.2, 0.25) is 0 Å². The highest BCUT2D eigenvalue weighted by Crippen LogP contribution is 2.35. The van der Waals surface area contributed by atoms with Gasteiger partial charge in [-0.3, -0.25) is 0 Å². The minimum Gasteiger partial charge on any atom is -0.392 e. The van der Waals surface area contributed by atoms with Crippen molar-refractivity contribution >= 4 is 39.0 Å². The van der Waals surface area contributed by atoms with Crippen LogP contribution in [0.4, 0.5) is 24.7 Å². The van der Waals surface area contributed by atoms with Crippen molar-refractivity contribution in [1.82, 2.24) is 4.98 Å². The number of hydrogen-bond acceptors (Lipinski definition) is 4. The Morgan fingerprint density at radius 3 is 2.31 bits per heavy atom. The highest BCUT2D eigenvalue weighted by molar-refractivity contribution is 9.10. The Hall–Kier alpha value is -1.51. The molecule has 0 atom stereocenters. The largest absolute Gasteiger partial charge is 0.417 e. The van der Waals surface area contributed by atoms with Crippen LogP contribution in [0.1, 0.15) is 11.1 Å². The number of benzene rings is 1. The quantitative estimate of drug-likeness (QED) is 0.755. The Bertz CT molecular complexity index is 778. The molecule has 0 aliphatic carbocycles. The van der Waals surface area contributed by atoms with Crippen molar-refractivity contribution in [3.8, 4) is 0 Å². The summed E-state index contributed by atoms with van der Waals surface area (Å²) in [4.78, 5) is 8.02. The predicted molar refractivity (Wildman–Crippen MR) is 98.7 cm³/mol. The lowest BCUT2D eigenvalue weighted by Crippen LogP contribution is -2.47. The van der Waals surface area contributed by atoms with E-state index in [-0.39, 0.29) is 6.61 Å². The lowest BCUT2D eigenvalue weighted by molar-refractivity contribution is -0.137. The normalized spacial score (nSPS) is 15.5. The maximum absolute atomic E-state index is 12.6. The summed E-state index contributed by atoms with van der Waals surface area (Å²) >= 11 is 9.67. The molecule has 1 fully saturated rings. The first-order valence-corrected chi connectivity index (χ1v) is 9.08. The van der Waals surface area contributed by atoms with Gasteiger partial charge in [-0.2, -0.15) is 13.2 Å². The van der Waals surface area contributed by atoms with Gasteiger partial charge in [0.05, 0.1) is 27.4 Å². The van der Waals surface area contributed by atoms with Gasteiger partial charge < -0.3 is 14.9 Å². The number of aromatic nitrogens is 1. The van der Waals surface area contributed by atoms with Crippen molar-refractivity contribution in [1.29, 1.82) is 0 Å². The summed E-state index contributed by atoms with van der Waals surface area (Å²) in [5.74, 6) is 0.527. The number of hydrogen-bond donors (Lipinski definition) is 1. The van der Waals surface area contributed by atoms with E-state index in [0.717, 1.165) is 28.0 Å². The number of aliphatic hydroxyl groups excluding tert-OH is 1. The number of aliphatic hydroxyl groups is 1. The number of piperazine rings is 1. The first-order valence-electron chi connectivity index (χ1n) is 7.91. The van der Waals surface area contributed by atoms with E-state index in [1.165, 1.54) is 6.07 Å². The molecule has 3 rings (SSSR count). The third-order valence-corrected chi connectivity index (χ3v) is 5.63.